The Kier molecular flexibility index (Phi) is 8.04. The van der Waals surface area contributed by atoms with Crippen molar-refractivity contribution >= 4 is 34.5 Å². The number of hydrazine groups is 1. The average Bonchev–Trinajstić information content (AvgIpc) is 2.64. The van der Waals surface area contributed by atoms with Gasteiger partial charge in [0.15, 0.2) is 5.16 Å². The number of benzene rings is 1. The van der Waals surface area contributed by atoms with E-state index >= 15 is 0 Å². The first kappa shape index (κ1) is 21.9. The highest BCUT2D eigenvalue weighted by atomic mass is 32.2. The van der Waals surface area contributed by atoms with E-state index in [0.717, 1.165) is 19.3 Å². The lowest BCUT2D eigenvalue weighted by atomic mass is 10.0. The first-order chi connectivity index (χ1) is 13.3. The molecule has 1 heterocycles. The summed E-state index contributed by atoms with van der Waals surface area (Å²) in [5, 5.41) is 1.09. The summed E-state index contributed by atoms with van der Waals surface area (Å²) < 4.78 is 1.69. The van der Waals surface area contributed by atoms with Crippen molar-refractivity contribution in [2.24, 2.45) is 5.92 Å². The number of carbonyl (C=O) groups is 2. The van der Waals surface area contributed by atoms with E-state index in [1.165, 1.54) is 18.7 Å². The van der Waals surface area contributed by atoms with Crippen LogP contribution < -0.4 is 16.4 Å². The largest absolute Gasteiger partial charge is 0.284 e. The van der Waals surface area contributed by atoms with Crippen molar-refractivity contribution in [3.63, 3.8) is 0 Å². The second kappa shape index (κ2) is 10.3. The predicted molar refractivity (Wildman–Crippen MR) is 112 cm³/mol. The molecule has 2 rings (SSSR count). The van der Waals surface area contributed by atoms with Gasteiger partial charge in [-0.3, -0.25) is 29.8 Å². The number of aromatic nitrogens is 2. The molecule has 152 valence electrons. The Morgan fingerprint density at radius 3 is 2.54 bits per heavy atom. The first-order valence-electron chi connectivity index (χ1n) is 9.49. The van der Waals surface area contributed by atoms with Gasteiger partial charge in [0.1, 0.15) is 0 Å². The van der Waals surface area contributed by atoms with E-state index in [0.29, 0.717) is 22.0 Å². The predicted octanol–water partition coefficient (Wildman–Crippen LogP) is 3.04. The highest BCUT2D eigenvalue weighted by Crippen LogP contribution is 2.24. The molecule has 1 aromatic carbocycles. The molecule has 0 unspecified atom stereocenters. The lowest BCUT2D eigenvalue weighted by molar-refractivity contribution is -0.126. The maximum atomic E-state index is 13.1. The number of thioether (sulfide) groups is 1. The van der Waals surface area contributed by atoms with Crippen LogP contribution in [0, 0.1) is 5.92 Å². The SMILES string of the molecule is CC(=O)NNC(=O)CSc1nc2ccccc2c(=O)n1[C@@H](C)CCCC(C)C. The standard InChI is InChI=1S/C20H28N4O3S/c1-13(2)8-7-9-14(3)24-19(27)16-10-5-6-11-17(16)21-20(24)28-12-18(26)23-22-15(4)25/h5-6,10-11,13-14H,7-9,12H2,1-4H3,(H,22,25)(H,23,26)/t14-/m0/s1. The van der Waals surface area contributed by atoms with Crippen molar-refractivity contribution in [3.8, 4) is 0 Å². The second-order valence-corrected chi connectivity index (χ2v) is 8.22. The van der Waals surface area contributed by atoms with E-state index in [9.17, 15) is 14.4 Å². The molecule has 0 spiro atoms. The molecular weight excluding hydrogens is 376 g/mol. The summed E-state index contributed by atoms with van der Waals surface area (Å²) >= 11 is 1.19. The summed E-state index contributed by atoms with van der Waals surface area (Å²) in [5.41, 5.74) is 5.11. The minimum absolute atomic E-state index is 0.0238. The number of nitrogens with one attached hydrogen (secondary N) is 2. The Labute approximate surface area is 169 Å². The monoisotopic (exact) mass is 404 g/mol. The quantitative estimate of drug-likeness (QED) is 0.401. The molecule has 0 aliphatic heterocycles. The fourth-order valence-corrected chi connectivity index (χ4v) is 3.79. The molecule has 2 N–H and O–H groups in total. The molecule has 0 aliphatic rings. The average molecular weight is 405 g/mol. The Morgan fingerprint density at radius 1 is 1.14 bits per heavy atom. The van der Waals surface area contributed by atoms with Gasteiger partial charge >= 0.3 is 0 Å². The van der Waals surface area contributed by atoms with E-state index in [2.05, 4.69) is 29.7 Å². The van der Waals surface area contributed by atoms with Crippen LogP contribution in [0.25, 0.3) is 10.9 Å². The van der Waals surface area contributed by atoms with Crippen LogP contribution in [-0.4, -0.2) is 27.1 Å². The van der Waals surface area contributed by atoms with Crippen molar-refractivity contribution in [1.82, 2.24) is 20.4 Å². The van der Waals surface area contributed by atoms with Gasteiger partial charge in [0.25, 0.3) is 5.56 Å². The Bertz CT molecular complexity index is 895. The zero-order valence-electron chi connectivity index (χ0n) is 16.8. The Morgan fingerprint density at radius 2 is 1.86 bits per heavy atom. The molecule has 0 bridgehead atoms. The third-order valence-electron chi connectivity index (χ3n) is 4.33. The maximum absolute atomic E-state index is 13.1. The minimum Gasteiger partial charge on any atom is -0.284 e. The number of rotatable bonds is 8. The van der Waals surface area contributed by atoms with Crippen LogP contribution in [0.3, 0.4) is 0 Å². The van der Waals surface area contributed by atoms with Crippen molar-refractivity contribution in [1.29, 1.82) is 0 Å². The molecule has 2 aromatic rings. The van der Waals surface area contributed by atoms with E-state index < -0.39 is 0 Å². The number of para-hydroxylation sites is 1. The normalized spacial score (nSPS) is 12.2. The number of fused-ring (bicyclic) bond motifs is 1. The molecule has 0 aliphatic carbocycles. The highest BCUT2D eigenvalue weighted by Gasteiger charge is 2.17. The number of amides is 2. The van der Waals surface area contributed by atoms with Crippen LogP contribution in [0.15, 0.2) is 34.2 Å². The number of carbonyl (C=O) groups excluding carboxylic acids is 2. The summed E-state index contributed by atoms with van der Waals surface area (Å²) in [6.07, 6.45) is 2.98. The van der Waals surface area contributed by atoms with Gasteiger partial charge in [-0.2, -0.15) is 0 Å². The fourth-order valence-electron chi connectivity index (χ4n) is 2.89. The van der Waals surface area contributed by atoms with Crippen molar-refractivity contribution in [2.75, 3.05) is 5.75 Å². The van der Waals surface area contributed by atoms with Gasteiger partial charge in [-0.05, 0) is 31.4 Å². The summed E-state index contributed by atoms with van der Waals surface area (Å²) in [5.74, 6) is -0.0477. The van der Waals surface area contributed by atoms with Crippen LogP contribution >= 0.6 is 11.8 Å². The number of hydrogen-bond acceptors (Lipinski definition) is 5. The minimum atomic E-state index is -0.360. The first-order valence-corrected chi connectivity index (χ1v) is 10.5. The second-order valence-electron chi connectivity index (χ2n) is 7.28. The Balaban J connectivity index is 2.27. The molecule has 7 nitrogen and oxygen atoms in total. The smallest absolute Gasteiger partial charge is 0.262 e. The molecular formula is C20H28N4O3S. The van der Waals surface area contributed by atoms with Crippen LogP contribution in [0.4, 0.5) is 0 Å². The summed E-state index contributed by atoms with van der Waals surface area (Å²) in [6.45, 7) is 7.70. The topological polar surface area (TPSA) is 93.1 Å². The van der Waals surface area contributed by atoms with E-state index in [-0.39, 0.29) is 29.2 Å². The summed E-state index contributed by atoms with van der Waals surface area (Å²) in [6, 6.07) is 7.21. The molecule has 0 fully saturated rings. The molecule has 1 aromatic heterocycles. The van der Waals surface area contributed by atoms with Gasteiger partial charge in [-0.25, -0.2) is 4.98 Å². The van der Waals surface area contributed by atoms with Crippen molar-refractivity contribution in [3.05, 3.63) is 34.6 Å². The van der Waals surface area contributed by atoms with Gasteiger partial charge < -0.3 is 0 Å². The fraction of sp³-hybridized carbons (Fsp3) is 0.500. The molecule has 0 radical (unpaired) electrons. The van der Waals surface area contributed by atoms with Gasteiger partial charge in [-0.15, -0.1) is 0 Å². The molecule has 0 saturated heterocycles. The van der Waals surface area contributed by atoms with E-state index in [4.69, 9.17) is 0 Å². The van der Waals surface area contributed by atoms with E-state index in [1.54, 1.807) is 16.7 Å². The molecule has 2 amide bonds. The molecule has 8 heteroatoms. The van der Waals surface area contributed by atoms with Gasteiger partial charge in [0.2, 0.25) is 11.8 Å². The van der Waals surface area contributed by atoms with Gasteiger partial charge in [0, 0.05) is 13.0 Å². The maximum Gasteiger partial charge on any atom is 0.262 e. The zero-order chi connectivity index (χ0) is 20.7. The number of nitrogens with zero attached hydrogens (tertiary/aromatic N) is 2. The number of hydrogen-bond donors (Lipinski definition) is 2. The van der Waals surface area contributed by atoms with Crippen molar-refractivity contribution < 1.29 is 9.59 Å². The van der Waals surface area contributed by atoms with Gasteiger partial charge in [-0.1, -0.05) is 50.6 Å². The lowest BCUT2D eigenvalue weighted by Gasteiger charge is -2.20. The highest BCUT2D eigenvalue weighted by molar-refractivity contribution is 7.99. The molecule has 1 atom stereocenters. The molecule has 28 heavy (non-hydrogen) atoms. The Hall–Kier alpha value is -2.35. The van der Waals surface area contributed by atoms with Crippen molar-refractivity contribution in [2.45, 2.75) is 58.2 Å². The van der Waals surface area contributed by atoms with Crippen LogP contribution in [0.2, 0.25) is 0 Å². The summed E-state index contributed by atoms with van der Waals surface area (Å²) in [4.78, 5) is 40.6. The third-order valence-corrected chi connectivity index (χ3v) is 5.28. The third kappa shape index (κ3) is 6.09. The van der Waals surface area contributed by atoms with Crippen LogP contribution in [0.1, 0.15) is 53.0 Å². The molecule has 0 saturated carbocycles. The van der Waals surface area contributed by atoms with Gasteiger partial charge in [0.05, 0.1) is 16.7 Å². The van der Waals surface area contributed by atoms with E-state index in [1.807, 2.05) is 19.1 Å². The summed E-state index contributed by atoms with van der Waals surface area (Å²) in [7, 11) is 0. The lowest BCUT2D eigenvalue weighted by Crippen LogP contribution is -2.41. The van der Waals surface area contributed by atoms with Crippen LogP contribution in [-0.2, 0) is 9.59 Å². The van der Waals surface area contributed by atoms with Crippen LogP contribution in [0.5, 0.6) is 0 Å². The zero-order valence-corrected chi connectivity index (χ0v) is 17.6.